The molecule has 20 heavy (non-hydrogen) atoms. The number of rotatable bonds is 4. The molecule has 2 aromatic rings. The lowest BCUT2D eigenvalue weighted by molar-refractivity contribution is 0.318. The zero-order valence-corrected chi connectivity index (χ0v) is 11.3. The Balaban J connectivity index is 1.62. The van der Waals surface area contributed by atoms with Crippen LogP contribution in [0, 0.1) is 0 Å². The maximum Gasteiger partial charge on any atom is 0.209 e. The van der Waals surface area contributed by atoms with Crippen molar-refractivity contribution in [2.45, 2.75) is 12.5 Å². The van der Waals surface area contributed by atoms with Crippen LogP contribution in [-0.2, 0) is 11.2 Å². The Kier molecular flexibility index (Phi) is 3.93. The first kappa shape index (κ1) is 12.7. The van der Waals surface area contributed by atoms with Gasteiger partial charge in [0.1, 0.15) is 6.61 Å². The second-order valence-corrected chi connectivity index (χ2v) is 4.87. The number of benzene rings is 2. The predicted molar refractivity (Wildman–Crippen MR) is 82.8 cm³/mol. The van der Waals surface area contributed by atoms with Gasteiger partial charge in [-0.15, -0.1) is 0 Å². The Morgan fingerprint density at radius 3 is 2.40 bits per heavy atom. The van der Waals surface area contributed by atoms with Crippen molar-refractivity contribution in [2.75, 3.05) is 6.61 Å². The van der Waals surface area contributed by atoms with Crippen LogP contribution in [0.4, 0.5) is 0 Å². The fourth-order valence-electron chi connectivity index (χ4n) is 2.25. The Hall–Kier alpha value is -2.35. The van der Waals surface area contributed by atoms with Crippen LogP contribution in [0.2, 0.25) is 0 Å². The average Bonchev–Trinajstić information content (AvgIpc) is 2.95. The van der Waals surface area contributed by atoms with Gasteiger partial charge in [0.25, 0.3) is 0 Å². The molecule has 3 rings (SSSR count). The second-order valence-electron chi connectivity index (χ2n) is 4.87. The van der Waals surface area contributed by atoms with Gasteiger partial charge in [0.05, 0.1) is 6.04 Å². The molecule has 0 unspecified atom stereocenters. The first-order chi connectivity index (χ1) is 9.90. The van der Waals surface area contributed by atoms with Gasteiger partial charge in [0, 0.05) is 6.08 Å². The molecule has 0 saturated carbocycles. The number of aliphatic imine (C=N–C) groups is 1. The summed E-state index contributed by atoms with van der Waals surface area (Å²) in [6.45, 7) is 0.670. The molecule has 2 aromatic carbocycles. The summed E-state index contributed by atoms with van der Waals surface area (Å²) in [6.07, 6.45) is 4.91. The van der Waals surface area contributed by atoms with Gasteiger partial charge in [-0.25, -0.2) is 4.99 Å². The van der Waals surface area contributed by atoms with Crippen molar-refractivity contribution in [3.8, 4) is 0 Å². The highest BCUT2D eigenvalue weighted by molar-refractivity contribution is 5.92. The van der Waals surface area contributed by atoms with E-state index in [1.165, 1.54) is 5.56 Å². The van der Waals surface area contributed by atoms with Crippen LogP contribution in [0.1, 0.15) is 11.1 Å². The van der Waals surface area contributed by atoms with Crippen LogP contribution in [0.5, 0.6) is 0 Å². The molecule has 2 heteroatoms. The van der Waals surface area contributed by atoms with Gasteiger partial charge in [0.15, 0.2) is 0 Å². The molecular weight excluding hydrogens is 246 g/mol. The number of hydrogen-bond donors (Lipinski definition) is 0. The topological polar surface area (TPSA) is 21.6 Å². The van der Waals surface area contributed by atoms with Gasteiger partial charge in [-0.05, 0) is 23.6 Å². The quantitative estimate of drug-likeness (QED) is 0.823. The Morgan fingerprint density at radius 1 is 0.950 bits per heavy atom. The molecule has 0 radical (unpaired) electrons. The highest BCUT2D eigenvalue weighted by atomic mass is 16.5. The lowest BCUT2D eigenvalue weighted by Gasteiger charge is -2.03. The lowest BCUT2D eigenvalue weighted by atomic mass is 10.1. The van der Waals surface area contributed by atoms with Crippen molar-refractivity contribution in [1.29, 1.82) is 0 Å². The van der Waals surface area contributed by atoms with E-state index < -0.39 is 0 Å². The van der Waals surface area contributed by atoms with E-state index in [1.807, 2.05) is 36.4 Å². The summed E-state index contributed by atoms with van der Waals surface area (Å²) in [5, 5.41) is 0. The van der Waals surface area contributed by atoms with Crippen LogP contribution < -0.4 is 0 Å². The minimum atomic E-state index is 0.229. The molecule has 0 aromatic heterocycles. The third-order valence-electron chi connectivity index (χ3n) is 3.27. The molecule has 0 spiro atoms. The van der Waals surface area contributed by atoms with E-state index in [-0.39, 0.29) is 6.04 Å². The molecule has 100 valence electrons. The molecule has 0 amide bonds. The average molecular weight is 263 g/mol. The van der Waals surface area contributed by atoms with Crippen LogP contribution >= 0.6 is 0 Å². The van der Waals surface area contributed by atoms with Crippen molar-refractivity contribution < 1.29 is 4.74 Å². The summed E-state index contributed by atoms with van der Waals surface area (Å²) in [7, 11) is 0. The smallest absolute Gasteiger partial charge is 0.209 e. The fourth-order valence-corrected chi connectivity index (χ4v) is 2.25. The van der Waals surface area contributed by atoms with Crippen molar-refractivity contribution >= 4 is 12.0 Å². The largest absolute Gasteiger partial charge is 0.476 e. The van der Waals surface area contributed by atoms with Gasteiger partial charge in [-0.1, -0.05) is 60.7 Å². The van der Waals surface area contributed by atoms with Crippen LogP contribution in [0.15, 0.2) is 71.7 Å². The molecule has 1 aliphatic heterocycles. The molecule has 0 N–H and O–H groups in total. The zero-order valence-electron chi connectivity index (χ0n) is 11.3. The fraction of sp³-hybridized carbons (Fsp3) is 0.167. The van der Waals surface area contributed by atoms with Gasteiger partial charge in [-0.2, -0.15) is 0 Å². The zero-order chi connectivity index (χ0) is 13.6. The SMILES string of the molecule is C(=C\c1ccccc1)/C1=N[C@@H](Cc2ccccc2)CO1. The van der Waals surface area contributed by atoms with E-state index in [4.69, 9.17) is 4.74 Å². The number of hydrogen-bond acceptors (Lipinski definition) is 2. The molecule has 0 fully saturated rings. The Morgan fingerprint density at radius 2 is 1.65 bits per heavy atom. The molecule has 1 atom stereocenters. The Bertz CT molecular complexity index is 602. The van der Waals surface area contributed by atoms with Crippen molar-refractivity contribution in [3.05, 3.63) is 77.9 Å². The van der Waals surface area contributed by atoms with Crippen LogP contribution in [-0.4, -0.2) is 18.5 Å². The van der Waals surface area contributed by atoms with E-state index in [0.717, 1.165) is 17.9 Å². The van der Waals surface area contributed by atoms with Gasteiger partial charge in [0.2, 0.25) is 5.90 Å². The van der Waals surface area contributed by atoms with Gasteiger partial charge < -0.3 is 4.74 Å². The van der Waals surface area contributed by atoms with Gasteiger partial charge in [-0.3, -0.25) is 0 Å². The van der Waals surface area contributed by atoms with Crippen molar-refractivity contribution in [1.82, 2.24) is 0 Å². The maximum absolute atomic E-state index is 5.62. The third-order valence-corrected chi connectivity index (χ3v) is 3.27. The first-order valence-electron chi connectivity index (χ1n) is 6.88. The molecule has 0 aliphatic carbocycles. The summed E-state index contributed by atoms with van der Waals surface area (Å²) in [4.78, 5) is 4.61. The highest BCUT2D eigenvalue weighted by Gasteiger charge is 2.17. The summed E-state index contributed by atoms with van der Waals surface area (Å²) >= 11 is 0. The molecule has 0 bridgehead atoms. The van der Waals surface area contributed by atoms with E-state index in [9.17, 15) is 0 Å². The van der Waals surface area contributed by atoms with E-state index in [2.05, 4.69) is 41.4 Å². The van der Waals surface area contributed by atoms with E-state index >= 15 is 0 Å². The van der Waals surface area contributed by atoms with Crippen LogP contribution in [0.3, 0.4) is 0 Å². The molecule has 2 nitrogen and oxygen atoms in total. The van der Waals surface area contributed by atoms with E-state index in [0.29, 0.717) is 6.61 Å². The van der Waals surface area contributed by atoms with Crippen molar-refractivity contribution in [2.24, 2.45) is 4.99 Å². The number of ether oxygens (including phenoxy) is 1. The predicted octanol–water partition coefficient (Wildman–Crippen LogP) is 3.74. The normalized spacial score (nSPS) is 18.0. The van der Waals surface area contributed by atoms with Crippen LogP contribution in [0.25, 0.3) is 6.08 Å². The standard InChI is InChI=1S/C18H17NO/c1-3-7-15(8-4-1)11-12-18-19-17(14-20-18)13-16-9-5-2-6-10-16/h1-12,17H,13-14H2/b12-11+/t17-/m0/s1. The van der Waals surface area contributed by atoms with Gasteiger partial charge >= 0.3 is 0 Å². The lowest BCUT2D eigenvalue weighted by Crippen LogP contribution is -2.09. The highest BCUT2D eigenvalue weighted by Crippen LogP contribution is 2.13. The first-order valence-corrected chi connectivity index (χ1v) is 6.88. The monoisotopic (exact) mass is 263 g/mol. The molecular formula is C18H17NO. The summed E-state index contributed by atoms with van der Waals surface area (Å²) in [5.74, 6) is 0.731. The summed E-state index contributed by atoms with van der Waals surface area (Å²) < 4.78 is 5.62. The minimum absolute atomic E-state index is 0.229. The minimum Gasteiger partial charge on any atom is -0.476 e. The molecule has 1 aliphatic rings. The Labute approximate surface area is 119 Å². The maximum atomic E-state index is 5.62. The number of nitrogens with zero attached hydrogens (tertiary/aromatic N) is 1. The molecule has 0 saturated heterocycles. The molecule has 1 heterocycles. The third kappa shape index (κ3) is 3.35. The summed E-state index contributed by atoms with van der Waals surface area (Å²) in [5.41, 5.74) is 2.46. The summed E-state index contributed by atoms with van der Waals surface area (Å²) in [6, 6.07) is 20.8. The van der Waals surface area contributed by atoms with E-state index in [1.54, 1.807) is 0 Å². The second kappa shape index (κ2) is 6.20. The van der Waals surface area contributed by atoms with Crippen molar-refractivity contribution in [3.63, 3.8) is 0 Å².